The summed E-state index contributed by atoms with van der Waals surface area (Å²) in [6.07, 6.45) is 10.2. The fourth-order valence-corrected chi connectivity index (χ4v) is 1.60. The molecule has 0 aromatic heterocycles. The van der Waals surface area contributed by atoms with Gasteiger partial charge in [-0.05, 0) is 37.5 Å². The second-order valence-corrected chi connectivity index (χ2v) is 3.69. The molecule has 1 fully saturated rings. The summed E-state index contributed by atoms with van der Waals surface area (Å²) >= 11 is 5.88. The summed E-state index contributed by atoms with van der Waals surface area (Å²) in [6, 6.07) is 0. The number of allylic oxidation sites excluding steroid dienone is 4. The minimum Gasteiger partial charge on any atom is -0.316 e. The molecule has 15 heavy (non-hydrogen) atoms. The molecule has 1 heterocycles. The summed E-state index contributed by atoms with van der Waals surface area (Å²) in [5.41, 5.74) is 0. The molecule has 0 aromatic carbocycles. The Morgan fingerprint density at radius 3 is 2.73 bits per heavy atom. The molecule has 1 aliphatic rings. The Bertz CT molecular complexity index is 213. The van der Waals surface area contributed by atoms with Crippen molar-refractivity contribution in [3.8, 4) is 0 Å². The zero-order valence-corrected chi connectivity index (χ0v) is 10.6. The minimum atomic E-state index is 0.640. The topological polar surface area (TPSA) is 12.0 Å². The molecular formula is C13H22ClN. The van der Waals surface area contributed by atoms with Crippen LogP contribution in [0, 0.1) is 5.92 Å². The van der Waals surface area contributed by atoms with E-state index < -0.39 is 0 Å². The highest BCUT2D eigenvalue weighted by Crippen LogP contribution is 2.13. The van der Waals surface area contributed by atoms with E-state index in [2.05, 4.69) is 18.0 Å². The van der Waals surface area contributed by atoms with E-state index in [4.69, 9.17) is 11.6 Å². The van der Waals surface area contributed by atoms with E-state index in [-0.39, 0.29) is 0 Å². The molecule has 0 amide bonds. The standard InChI is InChI=1S/C11H16ClN.C2H6/c1-2-4-11(12)7-6-10-5-3-8-13-9-10;1-2/h2,4,6-7,10,13H,1,3,5,8-9H2;1-2H3/b7-6+,11-4+;. The van der Waals surface area contributed by atoms with Gasteiger partial charge >= 0.3 is 0 Å². The lowest BCUT2D eigenvalue weighted by Gasteiger charge is -2.19. The molecule has 2 heteroatoms. The van der Waals surface area contributed by atoms with Crippen LogP contribution < -0.4 is 5.32 Å². The number of piperidine rings is 1. The lowest BCUT2D eigenvalue weighted by Crippen LogP contribution is -2.28. The van der Waals surface area contributed by atoms with Gasteiger partial charge in [0.2, 0.25) is 0 Å². The first-order valence-corrected chi connectivity index (χ1v) is 6.08. The molecule has 0 aromatic rings. The highest BCUT2D eigenvalue weighted by Gasteiger charge is 2.08. The second kappa shape index (κ2) is 10.0. The first-order chi connectivity index (χ1) is 7.33. The molecule has 86 valence electrons. The van der Waals surface area contributed by atoms with Crippen molar-refractivity contribution in [2.45, 2.75) is 26.7 Å². The van der Waals surface area contributed by atoms with Crippen molar-refractivity contribution in [3.63, 3.8) is 0 Å². The van der Waals surface area contributed by atoms with Gasteiger partial charge in [-0.15, -0.1) is 0 Å². The van der Waals surface area contributed by atoms with E-state index in [1.54, 1.807) is 12.2 Å². The van der Waals surface area contributed by atoms with Crippen LogP contribution >= 0.6 is 11.6 Å². The molecule has 0 radical (unpaired) electrons. The number of nitrogens with one attached hydrogen (secondary N) is 1. The maximum Gasteiger partial charge on any atom is 0.0402 e. The average Bonchev–Trinajstić information content (AvgIpc) is 2.31. The van der Waals surface area contributed by atoms with Crippen LogP contribution in [0.15, 0.2) is 35.9 Å². The van der Waals surface area contributed by atoms with Crippen LogP contribution in [0.5, 0.6) is 0 Å². The third-order valence-corrected chi connectivity index (χ3v) is 2.39. The largest absolute Gasteiger partial charge is 0.316 e. The third kappa shape index (κ3) is 7.40. The number of hydrogen-bond donors (Lipinski definition) is 1. The van der Waals surface area contributed by atoms with Crippen molar-refractivity contribution < 1.29 is 0 Å². The summed E-state index contributed by atoms with van der Waals surface area (Å²) < 4.78 is 0. The molecule has 0 saturated carbocycles. The summed E-state index contributed by atoms with van der Waals surface area (Å²) in [5, 5.41) is 4.11. The van der Waals surface area contributed by atoms with Crippen molar-refractivity contribution in [1.82, 2.24) is 5.32 Å². The number of halogens is 1. The van der Waals surface area contributed by atoms with Crippen LogP contribution in [0.4, 0.5) is 0 Å². The van der Waals surface area contributed by atoms with E-state index in [1.165, 1.54) is 12.8 Å². The van der Waals surface area contributed by atoms with Gasteiger partial charge in [0, 0.05) is 11.6 Å². The molecule has 1 saturated heterocycles. The van der Waals surface area contributed by atoms with Crippen molar-refractivity contribution >= 4 is 11.6 Å². The lowest BCUT2D eigenvalue weighted by atomic mass is 9.99. The maximum absolute atomic E-state index is 5.88. The average molecular weight is 228 g/mol. The van der Waals surface area contributed by atoms with E-state index >= 15 is 0 Å². The van der Waals surface area contributed by atoms with Crippen LogP contribution in [-0.2, 0) is 0 Å². The Labute approximate surface area is 98.9 Å². The molecule has 1 atom stereocenters. The molecule has 1 nitrogen and oxygen atoms in total. The predicted octanol–water partition coefficient (Wildman–Crippen LogP) is 3.88. The monoisotopic (exact) mass is 227 g/mol. The predicted molar refractivity (Wildman–Crippen MR) is 70.2 cm³/mol. The van der Waals surface area contributed by atoms with Crippen LogP contribution in [0.25, 0.3) is 0 Å². The summed E-state index contributed by atoms with van der Waals surface area (Å²) in [5.74, 6) is 0.640. The molecular weight excluding hydrogens is 206 g/mol. The van der Waals surface area contributed by atoms with Crippen molar-refractivity contribution in [3.05, 3.63) is 35.9 Å². The fraction of sp³-hybridized carbons (Fsp3) is 0.538. The first-order valence-electron chi connectivity index (χ1n) is 5.70. The van der Waals surface area contributed by atoms with Crippen molar-refractivity contribution in [2.24, 2.45) is 5.92 Å². The maximum atomic E-state index is 5.88. The van der Waals surface area contributed by atoms with Gasteiger partial charge in [0.25, 0.3) is 0 Å². The van der Waals surface area contributed by atoms with Gasteiger partial charge in [0.05, 0.1) is 0 Å². The SMILES string of the molecule is C=C/C=C(Cl)\C=C\C1CCCNC1.CC. The first kappa shape index (κ1) is 14.5. The second-order valence-electron chi connectivity index (χ2n) is 3.25. The third-order valence-electron chi connectivity index (χ3n) is 2.14. The van der Waals surface area contributed by atoms with Crippen LogP contribution in [0.3, 0.4) is 0 Å². The molecule has 1 N–H and O–H groups in total. The van der Waals surface area contributed by atoms with Gasteiger partial charge in [0.15, 0.2) is 0 Å². The lowest BCUT2D eigenvalue weighted by molar-refractivity contribution is 0.438. The molecule has 1 unspecified atom stereocenters. The Morgan fingerprint density at radius 2 is 2.20 bits per heavy atom. The number of rotatable bonds is 3. The zero-order chi connectivity index (χ0) is 11.5. The van der Waals surface area contributed by atoms with Crippen molar-refractivity contribution in [1.29, 1.82) is 0 Å². The summed E-state index contributed by atoms with van der Waals surface area (Å²) in [4.78, 5) is 0. The molecule has 0 aliphatic carbocycles. The van der Waals surface area contributed by atoms with E-state index in [0.717, 1.165) is 18.1 Å². The van der Waals surface area contributed by atoms with Crippen molar-refractivity contribution in [2.75, 3.05) is 13.1 Å². The van der Waals surface area contributed by atoms with Crippen LogP contribution in [-0.4, -0.2) is 13.1 Å². The smallest absolute Gasteiger partial charge is 0.0402 e. The molecule has 0 spiro atoms. The summed E-state index contributed by atoms with van der Waals surface area (Å²) in [6.45, 7) is 9.82. The molecule has 1 aliphatic heterocycles. The fourth-order valence-electron chi connectivity index (χ4n) is 1.44. The van der Waals surface area contributed by atoms with E-state index in [1.807, 2.05) is 19.9 Å². The number of hydrogen-bond acceptors (Lipinski definition) is 1. The van der Waals surface area contributed by atoms with Gasteiger partial charge < -0.3 is 5.32 Å². The van der Waals surface area contributed by atoms with E-state index in [0.29, 0.717) is 5.92 Å². The van der Waals surface area contributed by atoms with E-state index in [9.17, 15) is 0 Å². The van der Waals surface area contributed by atoms with Gasteiger partial charge in [-0.3, -0.25) is 0 Å². The normalized spacial score (nSPS) is 22.1. The van der Waals surface area contributed by atoms with Crippen LogP contribution in [0.1, 0.15) is 26.7 Å². The minimum absolute atomic E-state index is 0.640. The van der Waals surface area contributed by atoms with Gasteiger partial charge in [0.1, 0.15) is 0 Å². The Hall–Kier alpha value is -0.530. The highest BCUT2D eigenvalue weighted by atomic mass is 35.5. The van der Waals surface area contributed by atoms with Gasteiger partial charge in [-0.2, -0.15) is 0 Å². The molecule has 1 rings (SSSR count). The quantitative estimate of drug-likeness (QED) is 0.722. The Kier molecular flexibility index (Phi) is 9.65. The highest BCUT2D eigenvalue weighted by molar-refractivity contribution is 6.31. The van der Waals surface area contributed by atoms with Gasteiger partial charge in [-0.25, -0.2) is 0 Å². The summed E-state index contributed by atoms with van der Waals surface area (Å²) in [7, 11) is 0. The Balaban J connectivity index is 0.000000921. The Morgan fingerprint density at radius 1 is 1.47 bits per heavy atom. The van der Waals surface area contributed by atoms with Crippen LogP contribution in [0.2, 0.25) is 0 Å². The molecule has 0 bridgehead atoms. The van der Waals surface area contributed by atoms with Gasteiger partial charge in [-0.1, -0.05) is 44.2 Å². The zero-order valence-electron chi connectivity index (χ0n) is 9.80.